The minimum atomic E-state index is -0.403. The van der Waals surface area contributed by atoms with Crippen LogP contribution in [0.3, 0.4) is 0 Å². The first-order valence-electron chi connectivity index (χ1n) is 5.30. The van der Waals surface area contributed by atoms with Gasteiger partial charge in [0.25, 0.3) is 0 Å². The highest BCUT2D eigenvalue weighted by Gasteiger charge is 2.15. The predicted octanol–water partition coefficient (Wildman–Crippen LogP) is 1.44. The molecule has 1 aliphatic rings. The van der Waals surface area contributed by atoms with E-state index < -0.39 is 5.91 Å². The Balaban J connectivity index is 0.000000281. The maximum absolute atomic E-state index is 10.7. The fourth-order valence-corrected chi connectivity index (χ4v) is 1.15. The number of rotatable bonds is 3. The van der Waals surface area contributed by atoms with Crippen molar-refractivity contribution in [1.82, 2.24) is 4.90 Å². The molecule has 0 radical (unpaired) electrons. The summed E-state index contributed by atoms with van der Waals surface area (Å²) in [6, 6.07) is 0. The summed E-state index contributed by atoms with van der Waals surface area (Å²) in [5.41, 5.74) is 5.39. The molecule has 0 unspecified atom stereocenters. The van der Waals surface area contributed by atoms with Crippen LogP contribution < -0.4 is 5.73 Å². The molecule has 90 valence electrons. The SMILES string of the molecule is C=C(C(N)=O)C(C)C.C=CN1CCCC1=O. The number of nitrogens with two attached hydrogens (primary N) is 1. The molecule has 1 aliphatic heterocycles. The van der Waals surface area contributed by atoms with Gasteiger partial charge in [0.1, 0.15) is 0 Å². The van der Waals surface area contributed by atoms with E-state index in [0.717, 1.165) is 13.0 Å². The normalized spacial score (nSPS) is 14.4. The quantitative estimate of drug-likeness (QED) is 0.737. The van der Waals surface area contributed by atoms with Gasteiger partial charge in [-0.1, -0.05) is 27.0 Å². The van der Waals surface area contributed by atoms with E-state index in [4.69, 9.17) is 5.73 Å². The van der Waals surface area contributed by atoms with E-state index in [-0.39, 0.29) is 11.8 Å². The molecule has 0 aliphatic carbocycles. The Morgan fingerprint density at radius 3 is 2.25 bits per heavy atom. The Bertz CT molecular complexity index is 295. The molecule has 1 fully saturated rings. The molecule has 0 atom stereocenters. The average Bonchev–Trinajstić information content (AvgIpc) is 2.63. The molecular weight excluding hydrogens is 204 g/mol. The molecule has 0 aromatic carbocycles. The van der Waals surface area contributed by atoms with Crippen molar-refractivity contribution in [1.29, 1.82) is 0 Å². The second-order valence-electron chi connectivity index (χ2n) is 3.92. The number of carbonyl (C=O) groups is 2. The number of hydrogen-bond acceptors (Lipinski definition) is 2. The standard InChI is InChI=1S/C6H9NO.C6H11NO/c1-2-7-5-3-4-6(7)8;1-4(2)5(3)6(7)8/h2H,1,3-5H2;4H,3H2,1-2H3,(H2,7,8). The van der Waals surface area contributed by atoms with Gasteiger partial charge in [-0.15, -0.1) is 0 Å². The lowest BCUT2D eigenvalue weighted by Gasteiger charge is -2.05. The van der Waals surface area contributed by atoms with Gasteiger partial charge in [0, 0.05) is 18.5 Å². The third kappa shape index (κ3) is 4.77. The van der Waals surface area contributed by atoms with Gasteiger partial charge in [-0.3, -0.25) is 9.59 Å². The van der Waals surface area contributed by atoms with Gasteiger partial charge < -0.3 is 10.6 Å². The maximum atomic E-state index is 10.7. The van der Waals surface area contributed by atoms with Gasteiger partial charge in [0.05, 0.1) is 0 Å². The van der Waals surface area contributed by atoms with Crippen molar-refractivity contribution < 1.29 is 9.59 Å². The van der Waals surface area contributed by atoms with Gasteiger partial charge in [0.15, 0.2) is 0 Å². The van der Waals surface area contributed by atoms with E-state index in [9.17, 15) is 9.59 Å². The van der Waals surface area contributed by atoms with Crippen LogP contribution in [0.4, 0.5) is 0 Å². The fourth-order valence-electron chi connectivity index (χ4n) is 1.15. The summed E-state index contributed by atoms with van der Waals surface area (Å²) in [6.07, 6.45) is 3.28. The van der Waals surface area contributed by atoms with Crippen molar-refractivity contribution in [3.8, 4) is 0 Å². The van der Waals surface area contributed by atoms with Gasteiger partial charge in [-0.05, 0) is 18.5 Å². The van der Waals surface area contributed by atoms with E-state index in [1.807, 2.05) is 13.8 Å². The zero-order chi connectivity index (χ0) is 12.7. The van der Waals surface area contributed by atoms with Crippen LogP contribution in [0.15, 0.2) is 24.9 Å². The van der Waals surface area contributed by atoms with E-state index in [2.05, 4.69) is 13.2 Å². The zero-order valence-electron chi connectivity index (χ0n) is 10.0. The van der Waals surface area contributed by atoms with E-state index in [1.54, 1.807) is 11.1 Å². The van der Waals surface area contributed by atoms with Gasteiger partial charge in [-0.25, -0.2) is 0 Å². The monoisotopic (exact) mass is 224 g/mol. The molecule has 16 heavy (non-hydrogen) atoms. The summed E-state index contributed by atoms with van der Waals surface area (Å²) in [4.78, 5) is 22.6. The van der Waals surface area contributed by atoms with Gasteiger partial charge in [0.2, 0.25) is 11.8 Å². The Kier molecular flexibility index (Phi) is 6.15. The fraction of sp³-hybridized carbons (Fsp3) is 0.500. The van der Waals surface area contributed by atoms with E-state index in [0.29, 0.717) is 12.0 Å². The van der Waals surface area contributed by atoms with Gasteiger partial charge >= 0.3 is 0 Å². The largest absolute Gasteiger partial charge is 0.366 e. The summed E-state index contributed by atoms with van der Waals surface area (Å²) in [5.74, 6) is -0.0208. The van der Waals surface area contributed by atoms with Crippen molar-refractivity contribution >= 4 is 11.8 Å². The highest BCUT2D eigenvalue weighted by Crippen LogP contribution is 2.08. The van der Waals surface area contributed by atoms with E-state index in [1.165, 1.54) is 0 Å². The molecule has 4 nitrogen and oxygen atoms in total. The molecule has 0 aromatic heterocycles. The Morgan fingerprint density at radius 1 is 1.56 bits per heavy atom. The van der Waals surface area contributed by atoms with Crippen LogP contribution >= 0.6 is 0 Å². The number of primary amides is 1. The lowest BCUT2D eigenvalue weighted by atomic mass is 10.1. The first-order valence-corrected chi connectivity index (χ1v) is 5.30. The third-order valence-electron chi connectivity index (χ3n) is 2.34. The molecular formula is C12H20N2O2. The lowest BCUT2D eigenvalue weighted by Crippen LogP contribution is -2.16. The van der Waals surface area contributed by atoms with Crippen LogP contribution in [-0.4, -0.2) is 23.3 Å². The molecule has 4 heteroatoms. The van der Waals surface area contributed by atoms with Crippen LogP contribution in [-0.2, 0) is 9.59 Å². The topological polar surface area (TPSA) is 63.4 Å². The minimum Gasteiger partial charge on any atom is -0.366 e. The van der Waals surface area contributed by atoms with Crippen LogP contribution in [0.5, 0.6) is 0 Å². The van der Waals surface area contributed by atoms with Crippen LogP contribution in [0, 0.1) is 5.92 Å². The first kappa shape index (κ1) is 14.4. The maximum Gasteiger partial charge on any atom is 0.244 e. The van der Waals surface area contributed by atoms with Crippen LogP contribution in [0.1, 0.15) is 26.7 Å². The van der Waals surface area contributed by atoms with Crippen molar-refractivity contribution in [3.63, 3.8) is 0 Å². The molecule has 2 N–H and O–H groups in total. The summed E-state index contributed by atoms with van der Waals surface area (Å²) in [7, 11) is 0. The summed E-state index contributed by atoms with van der Waals surface area (Å²) in [5, 5.41) is 0. The van der Waals surface area contributed by atoms with Gasteiger partial charge in [-0.2, -0.15) is 0 Å². The smallest absolute Gasteiger partial charge is 0.244 e. The van der Waals surface area contributed by atoms with Crippen molar-refractivity contribution in [3.05, 3.63) is 24.9 Å². The number of carbonyl (C=O) groups excluding carboxylic acids is 2. The zero-order valence-corrected chi connectivity index (χ0v) is 10.0. The molecule has 0 bridgehead atoms. The molecule has 1 saturated heterocycles. The molecule has 2 amide bonds. The Hall–Kier alpha value is -1.58. The summed E-state index contributed by atoms with van der Waals surface area (Å²) >= 11 is 0. The first-order chi connectivity index (χ1) is 7.40. The molecule has 0 saturated carbocycles. The van der Waals surface area contributed by atoms with Crippen molar-refractivity contribution in [2.75, 3.05) is 6.54 Å². The second kappa shape index (κ2) is 6.82. The lowest BCUT2D eigenvalue weighted by molar-refractivity contribution is -0.125. The number of amides is 2. The predicted molar refractivity (Wildman–Crippen MR) is 64.3 cm³/mol. The number of likely N-dealkylation sites (tertiary alicyclic amines) is 1. The van der Waals surface area contributed by atoms with Crippen molar-refractivity contribution in [2.45, 2.75) is 26.7 Å². The molecule has 0 aromatic rings. The van der Waals surface area contributed by atoms with Crippen LogP contribution in [0.2, 0.25) is 0 Å². The highest BCUT2D eigenvalue weighted by molar-refractivity contribution is 5.91. The number of nitrogens with zero attached hydrogens (tertiary/aromatic N) is 1. The van der Waals surface area contributed by atoms with Crippen molar-refractivity contribution in [2.24, 2.45) is 11.7 Å². The molecule has 1 heterocycles. The average molecular weight is 224 g/mol. The Labute approximate surface area is 96.8 Å². The summed E-state index contributed by atoms with van der Waals surface area (Å²) in [6.45, 7) is 11.6. The number of hydrogen-bond donors (Lipinski definition) is 1. The highest BCUT2D eigenvalue weighted by atomic mass is 16.2. The summed E-state index contributed by atoms with van der Waals surface area (Å²) < 4.78 is 0. The third-order valence-corrected chi connectivity index (χ3v) is 2.34. The second-order valence-corrected chi connectivity index (χ2v) is 3.92. The van der Waals surface area contributed by atoms with E-state index >= 15 is 0 Å². The molecule has 0 spiro atoms. The Morgan fingerprint density at radius 2 is 2.12 bits per heavy atom. The van der Waals surface area contributed by atoms with Crippen LogP contribution in [0.25, 0.3) is 0 Å². The minimum absolute atomic E-state index is 0.174. The molecule has 1 rings (SSSR count).